The van der Waals surface area contributed by atoms with Crippen LogP contribution in [-0.2, 0) is 16.1 Å². The largest absolute Gasteiger partial charge is 0.479 e. The second-order valence-corrected chi connectivity index (χ2v) is 4.07. The maximum absolute atomic E-state index is 11.3. The first-order chi connectivity index (χ1) is 9.90. The predicted molar refractivity (Wildman–Crippen MR) is 69.5 cm³/mol. The molecule has 0 saturated carbocycles. The van der Waals surface area contributed by atoms with Crippen LogP contribution >= 0.6 is 0 Å². The maximum Gasteiger partial charge on any atom is 0.407 e. The highest BCUT2D eigenvalue weighted by Crippen LogP contribution is 2.12. The number of benzene rings is 1. The Kier molecular flexibility index (Phi) is 6.08. The molecule has 0 aliphatic rings. The lowest BCUT2D eigenvalue weighted by Gasteiger charge is -2.08. The summed E-state index contributed by atoms with van der Waals surface area (Å²) in [6.07, 6.45) is -2.45. The van der Waals surface area contributed by atoms with Gasteiger partial charge in [-0.1, -0.05) is 0 Å². The third kappa shape index (κ3) is 5.87. The fourth-order valence-corrected chi connectivity index (χ4v) is 1.35. The first-order valence-corrected chi connectivity index (χ1v) is 5.95. The molecule has 0 heterocycles. The molecule has 0 bridgehead atoms. The SMILES string of the molecule is O=C(NCC[C@H](O)C(=O)O)OCc1ccc([N+](=O)[O-])cc1. The number of nitro benzene ring substituents is 1. The van der Waals surface area contributed by atoms with Gasteiger partial charge in [0.25, 0.3) is 5.69 Å². The van der Waals surface area contributed by atoms with E-state index in [0.29, 0.717) is 5.56 Å². The number of non-ortho nitro benzene ring substituents is 1. The number of carbonyl (C=O) groups is 2. The summed E-state index contributed by atoms with van der Waals surface area (Å²) in [4.78, 5) is 31.5. The topological polar surface area (TPSA) is 139 Å². The van der Waals surface area contributed by atoms with Crippen molar-refractivity contribution in [3.63, 3.8) is 0 Å². The number of nitrogens with zero attached hydrogens (tertiary/aromatic N) is 1. The summed E-state index contributed by atoms with van der Waals surface area (Å²) >= 11 is 0. The smallest absolute Gasteiger partial charge is 0.407 e. The maximum atomic E-state index is 11.3. The van der Waals surface area contributed by atoms with Gasteiger partial charge in [0.05, 0.1) is 4.92 Å². The fraction of sp³-hybridized carbons (Fsp3) is 0.333. The van der Waals surface area contributed by atoms with E-state index in [1.807, 2.05) is 0 Å². The molecular formula is C12H14N2O7. The van der Waals surface area contributed by atoms with Crippen molar-refractivity contribution in [2.45, 2.75) is 19.1 Å². The molecule has 0 aliphatic heterocycles. The van der Waals surface area contributed by atoms with Crippen LogP contribution in [0.1, 0.15) is 12.0 Å². The monoisotopic (exact) mass is 298 g/mol. The van der Waals surface area contributed by atoms with Crippen LogP contribution in [0.4, 0.5) is 10.5 Å². The van der Waals surface area contributed by atoms with Crippen molar-refractivity contribution in [1.82, 2.24) is 5.32 Å². The molecule has 0 unspecified atom stereocenters. The van der Waals surface area contributed by atoms with E-state index in [9.17, 15) is 19.7 Å². The molecular weight excluding hydrogens is 284 g/mol. The van der Waals surface area contributed by atoms with Gasteiger partial charge in [0.15, 0.2) is 6.10 Å². The predicted octanol–water partition coefficient (Wildman–Crippen LogP) is 0.657. The van der Waals surface area contributed by atoms with Gasteiger partial charge in [-0.25, -0.2) is 9.59 Å². The van der Waals surface area contributed by atoms with E-state index in [0.717, 1.165) is 0 Å². The summed E-state index contributed by atoms with van der Waals surface area (Å²) in [6, 6.07) is 5.50. The normalized spacial score (nSPS) is 11.5. The molecule has 1 aromatic rings. The number of nitrogens with one attached hydrogen (secondary N) is 1. The van der Waals surface area contributed by atoms with Crippen molar-refractivity contribution in [3.8, 4) is 0 Å². The molecule has 3 N–H and O–H groups in total. The van der Waals surface area contributed by atoms with Crippen LogP contribution in [0.15, 0.2) is 24.3 Å². The quantitative estimate of drug-likeness (QED) is 0.496. The van der Waals surface area contributed by atoms with Crippen LogP contribution in [0.3, 0.4) is 0 Å². The molecule has 1 aromatic carbocycles. The van der Waals surface area contributed by atoms with Gasteiger partial charge in [0.2, 0.25) is 0 Å². The van der Waals surface area contributed by atoms with Crippen LogP contribution < -0.4 is 5.32 Å². The van der Waals surface area contributed by atoms with Crippen molar-refractivity contribution < 1.29 is 29.5 Å². The number of amides is 1. The molecule has 0 saturated heterocycles. The fourth-order valence-electron chi connectivity index (χ4n) is 1.35. The minimum Gasteiger partial charge on any atom is -0.479 e. The Morgan fingerprint density at radius 1 is 1.33 bits per heavy atom. The van der Waals surface area contributed by atoms with E-state index in [-0.39, 0.29) is 25.3 Å². The van der Waals surface area contributed by atoms with Crippen LogP contribution in [0.2, 0.25) is 0 Å². The number of ether oxygens (including phenoxy) is 1. The van der Waals surface area contributed by atoms with E-state index >= 15 is 0 Å². The summed E-state index contributed by atoms with van der Waals surface area (Å²) < 4.78 is 4.82. The van der Waals surface area contributed by atoms with E-state index in [1.54, 1.807) is 0 Å². The number of rotatable bonds is 7. The molecule has 1 rings (SSSR count). The number of hydrogen-bond donors (Lipinski definition) is 3. The van der Waals surface area contributed by atoms with Crippen LogP contribution in [0.5, 0.6) is 0 Å². The average Bonchev–Trinajstić information content (AvgIpc) is 2.45. The first-order valence-electron chi connectivity index (χ1n) is 5.95. The second kappa shape index (κ2) is 7.80. The van der Waals surface area contributed by atoms with E-state index < -0.39 is 23.1 Å². The van der Waals surface area contributed by atoms with Gasteiger partial charge < -0.3 is 20.3 Å². The van der Waals surface area contributed by atoms with Gasteiger partial charge in [0, 0.05) is 25.1 Å². The first kappa shape index (κ1) is 16.4. The number of nitro groups is 1. The van der Waals surface area contributed by atoms with Crippen molar-refractivity contribution in [1.29, 1.82) is 0 Å². The highest BCUT2D eigenvalue weighted by atomic mass is 16.6. The molecule has 1 atom stereocenters. The van der Waals surface area contributed by atoms with Crippen molar-refractivity contribution in [3.05, 3.63) is 39.9 Å². The Labute approximate surface area is 119 Å². The Hall–Kier alpha value is -2.68. The minimum atomic E-state index is -1.54. The van der Waals surface area contributed by atoms with Gasteiger partial charge >= 0.3 is 12.1 Å². The highest BCUT2D eigenvalue weighted by Gasteiger charge is 2.13. The molecule has 1 amide bonds. The molecule has 0 spiro atoms. The van der Waals surface area contributed by atoms with Gasteiger partial charge in [-0.3, -0.25) is 10.1 Å². The second-order valence-electron chi connectivity index (χ2n) is 4.07. The van der Waals surface area contributed by atoms with E-state index in [1.165, 1.54) is 24.3 Å². The van der Waals surface area contributed by atoms with Gasteiger partial charge in [-0.15, -0.1) is 0 Å². The Morgan fingerprint density at radius 2 is 1.95 bits per heavy atom. The molecule has 0 aromatic heterocycles. The molecule has 9 nitrogen and oxygen atoms in total. The van der Waals surface area contributed by atoms with Gasteiger partial charge in [-0.05, 0) is 17.7 Å². The third-order valence-electron chi connectivity index (χ3n) is 2.49. The summed E-state index contributed by atoms with van der Waals surface area (Å²) in [7, 11) is 0. The van der Waals surface area contributed by atoms with Crippen molar-refractivity contribution in [2.24, 2.45) is 0 Å². The van der Waals surface area contributed by atoms with Crippen molar-refractivity contribution in [2.75, 3.05) is 6.54 Å². The number of aliphatic hydroxyl groups is 1. The third-order valence-corrected chi connectivity index (χ3v) is 2.49. The standard InChI is InChI=1S/C12H14N2O7/c15-10(11(16)17)5-6-13-12(18)21-7-8-1-3-9(4-2-8)14(19)20/h1-4,10,15H,5-7H2,(H,13,18)(H,16,17)/t10-/m0/s1. The van der Waals surface area contributed by atoms with E-state index in [4.69, 9.17) is 14.9 Å². The molecule has 0 fully saturated rings. The number of alkyl carbamates (subject to hydrolysis) is 1. The average molecular weight is 298 g/mol. The zero-order chi connectivity index (χ0) is 15.8. The molecule has 0 aliphatic carbocycles. The number of carboxylic acids is 1. The van der Waals surface area contributed by atoms with Gasteiger partial charge in [0.1, 0.15) is 6.61 Å². The Bertz CT molecular complexity index is 515. The lowest BCUT2D eigenvalue weighted by molar-refractivity contribution is -0.384. The van der Waals surface area contributed by atoms with Crippen LogP contribution in [0, 0.1) is 10.1 Å². The molecule has 114 valence electrons. The Morgan fingerprint density at radius 3 is 2.48 bits per heavy atom. The molecule has 0 radical (unpaired) electrons. The summed E-state index contributed by atoms with van der Waals surface area (Å²) in [5.74, 6) is -1.36. The number of hydrogen-bond acceptors (Lipinski definition) is 6. The van der Waals surface area contributed by atoms with Crippen molar-refractivity contribution >= 4 is 17.7 Å². The highest BCUT2D eigenvalue weighted by molar-refractivity contribution is 5.72. The zero-order valence-electron chi connectivity index (χ0n) is 10.9. The number of carboxylic acid groups (broad SMARTS) is 1. The molecule has 21 heavy (non-hydrogen) atoms. The summed E-state index contributed by atoms with van der Waals surface area (Å²) in [6.45, 7) is -0.127. The summed E-state index contributed by atoms with van der Waals surface area (Å²) in [5.41, 5.74) is 0.507. The lowest BCUT2D eigenvalue weighted by Crippen LogP contribution is -2.30. The lowest BCUT2D eigenvalue weighted by atomic mass is 10.2. The Balaban J connectivity index is 2.29. The number of carbonyl (C=O) groups excluding carboxylic acids is 1. The molecule has 9 heteroatoms. The summed E-state index contributed by atoms with van der Waals surface area (Å²) in [5, 5.41) is 30.1. The van der Waals surface area contributed by atoms with Gasteiger partial charge in [-0.2, -0.15) is 0 Å². The van der Waals surface area contributed by atoms with Crippen LogP contribution in [-0.4, -0.2) is 39.8 Å². The zero-order valence-corrected chi connectivity index (χ0v) is 10.9. The number of aliphatic carboxylic acids is 1. The van der Waals surface area contributed by atoms with E-state index in [2.05, 4.69) is 5.32 Å². The van der Waals surface area contributed by atoms with Crippen LogP contribution in [0.25, 0.3) is 0 Å². The number of aliphatic hydroxyl groups excluding tert-OH is 1. The minimum absolute atomic E-state index is 0.0490.